The first-order valence-electron chi connectivity index (χ1n) is 6.03. The zero-order valence-electron chi connectivity index (χ0n) is 10.8. The van der Waals surface area contributed by atoms with Gasteiger partial charge in [0, 0.05) is 5.56 Å². The van der Waals surface area contributed by atoms with Crippen molar-refractivity contribution in [2.24, 2.45) is 0 Å². The van der Waals surface area contributed by atoms with E-state index >= 15 is 0 Å². The molecule has 0 aliphatic rings. The molecule has 108 valence electrons. The molecule has 2 aromatic rings. The van der Waals surface area contributed by atoms with Crippen LogP contribution in [0.3, 0.4) is 0 Å². The minimum absolute atomic E-state index is 0.318. The number of halogens is 2. The molecule has 0 bridgehead atoms. The average molecular weight is 352 g/mol. The quantitative estimate of drug-likeness (QED) is 0.921. The summed E-state index contributed by atoms with van der Waals surface area (Å²) in [4.78, 5) is 23.4. The van der Waals surface area contributed by atoms with Crippen molar-refractivity contribution in [3.05, 3.63) is 64.4 Å². The summed E-state index contributed by atoms with van der Waals surface area (Å²) in [6.07, 6.45) is 0. The Kier molecular flexibility index (Phi) is 5.05. The number of carbonyl (C=O) groups is 2. The molecule has 0 radical (unpaired) electrons. The molecule has 0 aromatic heterocycles. The highest BCUT2D eigenvalue weighted by Gasteiger charge is 2.11. The van der Waals surface area contributed by atoms with Crippen LogP contribution in [0, 0.1) is 5.82 Å². The summed E-state index contributed by atoms with van der Waals surface area (Å²) in [5.41, 5.74) is 0.383. The van der Waals surface area contributed by atoms with Crippen LogP contribution >= 0.6 is 15.9 Å². The van der Waals surface area contributed by atoms with Gasteiger partial charge in [0.25, 0.3) is 11.8 Å². The number of hydrogen-bond acceptors (Lipinski definition) is 3. The van der Waals surface area contributed by atoms with Crippen molar-refractivity contribution >= 4 is 27.7 Å². The Hall–Kier alpha value is -2.21. The molecule has 1 N–H and O–H groups in total. The Morgan fingerprint density at radius 3 is 2.52 bits per heavy atom. The maximum Gasteiger partial charge on any atom is 0.264 e. The van der Waals surface area contributed by atoms with Crippen LogP contribution in [0.1, 0.15) is 10.4 Å². The van der Waals surface area contributed by atoms with Gasteiger partial charge in [-0.15, -0.1) is 0 Å². The lowest BCUT2D eigenvalue weighted by Crippen LogP contribution is -2.34. The number of carbonyl (C=O) groups excluding carboxylic acids is 2. The molecule has 0 saturated heterocycles. The van der Waals surface area contributed by atoms with Crippen LogP contribution in [-0.2, 0) is 4.79 Å². The van der Waals surface area contributed by atoms with Crippen LogP contribution in [0.2, 0.25) is 0 Å². The van der Waals surface area contributed by atoms with E-state index in [0.717, 1.165) is 0 Å². The fourth-order valence-electron chi connectivity index (χ4n) is 1.56. The monoisotopic (exact) mass is 351 g/mol. The van der Waals surface area contributed by atoms with E-state index in [0.29, 0.717) is 15.8 Å². The normalized spacial score (nSPS) is 10.0. The molecule has 0 spiro atoms. The van der Waals surface area contributed by atoms with Crippen molar-refractivity contribution < 1.29 is 18.7 Å². The third-order valence-electron chi connectivity index (χ3n) is 2.54. The summed E-state index contributed by atoms with van der Waals surface area (Å²) in [5.74, 6) is -1.18. The van der Waals surface area contributed by atoms with Crippen LogP contribution < -0.4 is 10.1 Å². The summed E-state index contributed by atoms with van der Waals surface area (Å²) >= 11 is 3.12. The van der Waals surface area contributed by atoms with Gasteiger partial charge in [0.05, 0.1) is 4.47 Å². The number of hydrogen-bond donors (Lipinski definition) is 1. The molecular weight excluding hydrogens is 341 g/mol. The first-order valence-corrected chi connectivity index (χ1v) is 6.82. The Labute approximate surface area is 129 Å². The number of rotatable bonds is 4. The van der Waals surface area contributed by atoms with Gasteiger partial charge >= 0.3 is 0 Å². The van der Waals surface area contributed by atoms with Gasteiger partial charge in [-0.3, -0.25) is 14.9 Å². The molecule has 0 atom stereocenters. The molecule has 0 aliphatic carbocycles. The second-order valence-electron chi connectivity index (χ2n) is 4.11. The lowest BCUT2D eigenvalue weighted by atomic mass is 10.2. The highest BCUT2D eigenvalue weighted by atomic mass is 79.9. The fraction of sp³-hybridized carbons (Fsp3) is 0.0667. The molecule has 0 heterocycles. The predicted molar refractivity (Wildman–Crippen MR) is 78.5 cm³/mol. The zero-order chi connectivity index (χ0) is 15.2. The highest BCUT2D eigenvalue weighted by molar-refractivity contribution is 9.10. The van der Waals surface area contributed by atoms with Gasteiger partial charge in [0.2, 0.25) is 0 Å². The minimum atomic E-state index is -0.583. The Morgan fingerprint density at radius 2 is 1.86 bits per heavy atom. The van der Waals surface area contributed by atoms with Crippen LogP contribution in [0.4, 0.5) is 4.39 Å². The first-order chi connectivity index (χ1) is 10.1. The molecule has 2 aromatic carbocycles. The number of amides is 2. The zero-order valence-corrected chi connectivity index (χ0v) is 12.4. The van der Waals surface area contributed by atoms with Crippen LogP contribution in [0.25, 0.3) is 0 Å². The van der Waals surface area contributed by atoms with Gasteiger partial charge in [-0.2, -0.15) is 0 Å². The van der Waals surface area contributed by atoms with Crippen LogP contribution in [0.5, 0.6) is 5.75 Å². The van der Waals surface area contributed by atoms with Gasteiger partial charge in [-0.05, 0) is 46.3 Å². The molecule has 4 nitrogen and oxygen atoms in total. The van der Waals surface area contributed by atoms with Crippen molar-refractivity contribution in [1.82, 2.24) is 5.32 Å². The second-order valence-corrected chi connectivity index (χ2v) is 4.96. The van der Waals surface area contributed by atoms with Gasteiger partial charge in [0.1, 0.15) is 11.6 Å². The van der Waals surface area contributed by atoms with E-state index in [9.17, 15) is 14.0 Å². The molecule has 21 heavy (non-hydrogen) atoms. The van der Waals surface area contributed by atoms with E-state index in [2.05, 4.69) is 21.2 Å². The molecule has 6 heteroatoms. The van der Waals surface area contributed by atoms with Crippen LogP contribution in [-0.4, -0.2) is 18.4 Å². The minimum Gasteiger partial charge on any atom is -0.483 e. The number of ether oxygens (including phenoxy) is 1. The maximum atomic E-state index is 12.9. The summed E-state index contributed by atoms with van der Waals surface area (Å²) < 4.78 is 18.5. The van der Waals surface area contributed by atoms with E-state index in [4.69, 9.17) is 4.74 Å². The summed E-state index contributed by atoms with van der Waals surface area (Å²) in [7, 11) is 0. The summed E-state index contributed by atoms with van der Waals surface area (Å²) in [5, 5.41) is 2.21. The Balaban J connectivity index is 1.89. The average Bonchev–Trinajstić information content (AvgIpc) is 2.47. The van der Waals surface area contributed by atoms with E-state index < -0.39 is 17.6 Å². The van der Waals surface area contributed by atoms with Crippen molar-refractivity contribution in [1.29, 1.82) is 0 Å². The summed E-state index contributed by atoms with van der Waals surface area (Å²) in [6, 6.07) is 12.2. The Bertz CT molecular complexity index is 661. The third-order valence-corrected chi connectivity index (χ3v) is 3.16. The number of nitrogens with one attached hydrogen (secondary N) is 1. The van der Waals surface area contributed by atoms with E-state index in [1.807, 2.05) is 0 Å². The topological polar surface area (TPSA) is 55.4 Å². The lowest BCUT2D eigenvalue weighted by Gasteiger charge is -2.08. The van der Waals surface area contributed by atoms with E-state index in [1.54, 1.807) is 30.3 Å². The molecule has 0 unspecified atom stereocenters. The maximum absolute atomic E-state index is 12.9. The van der Waals surface area contributed by atoms with Crippen LogP contribution in [0.15, 0.2) is 53.0 Å². The largest absolute Gasteiger partial charge is 0.483 e. The van der Waals surface area contributed by atoms with Crippen molar-refractivity contribution in [2.45, 2.75) is 0 Å². The van der Waals surface area contributed by atoms with Crippen molar-refractivity contribution in [2.75, 3.05) is 6.61 Å². The van der Waals surface area contributed by atoms with Gasteiger partial charge in [0.15, 0.2) is 6.61 Å². The standard InChI is InChI=1S/C15H11BrFNO3/c16-12-8-11(17)6-7-13(12)21-9-14(19)18-15(20)10-4-2-1-3-5-10/h1-8H,9H2,(H,18,19,20). The third kappa shape index (κ3) is 4.39. The highest BCUT2D eigenvalue weighted by Crippen LogP contribution is 2.25. The summed E-state index contributed by atoms with van der Waals surface area (Å²) in [6.45, 7) is -0.344. The molecule has 0 saturated carbocycles. The van der Waals surface area contributed by atoms with Gasteiger partial charge in [-0.1, -0.05) is 18.2 Å². The molecular formula is C15H11BrFNO3. The molecule has 0 fully saturated rings. The smallest absolute Gasteiger partial charge is 0.264 e. The molecule has 2 amide bonds. The lowest BCUT2D eigenvalue weighted by molar-refractivity contribution is -0.122. The number of benzene rings is 2. The van der Waals surface area contributed by atoms with Crippen molar-refractivity contribution in [3.8, 4) is 5.75 Å². The Morgan fingerprint density at radius 1 is 1.14 bits per heavy atom. The van der Waals surface area contributed by atoms with E-state index in [1.165, 1.54) is 18.2 Å². The number of imide groups is 1. The molecule has 0 aliphatic heterocycles. The molecule has 2 rings (SSSR count). The SMILES string of the molecule is O=C(COc1ccc(F)cc1Br)NC(=O)c1ccccc1. The first kappa shape index (κ1) is 15.2. The van der Waals surface area contributed by atoms with Gasteiger partial charge < -0.3 is 4.74 Å². The second kappa shape index (κ2) is 6.99. The van der Waals surface area contributed by atoms with E-state index in [-0.39, 0.29) is 6.61 Å². The van der Waals surface area contributed by atoms with Crippen molar-refractivity contribution in [3.63, 3.8) is 0 Å². The fourth-order valence-corrected chi connectivity index (χ4v) is 2.03. The van der Waals surface area contributed by atoms with Gasteiger partial charge in [-0.25, -0.2) is 4.39 Å². The predicted octanol–water partition coefficient (Wildman–Crippen LogP) is 2.92.